The lowest BCUT2D eigenvalue weighted by molar-refractivity contribution is -0.0498. The first-order valence-electron chi connectivity index (χ1n) is 5.72. The predicted octanol–water partition coefficient (Wildman–Crippen LogP) is 3.10. The van der Waals surface area contributed by atoms with Crippen molar-refractivity contribution in [3.05, 3.63) is 52.2 Å². The molecule has 2 aromatic rings. The van der Waals surface area contributed by atoms with Crippen LogP contribution < -0.4 is 16.0 Å². The van der Waals surface area contributed by atoms with E-state index in [4.69, 9.17) is 5.84 Å². The minimum absolute atomic E-state index is 0.0563. The standard InChI is InChI=1S/C13H14F2N2OS/c14-13(15)18-10-5-3-9(4-6-10)12(17-16)8-11-2-1-7-19-11/h1-7,12-13,17H,8,16H2. The third-order valence-electron chi connectivity index (χ3n) is 2.69. The second kappa shape index (κ2) is 6.60. The summed E-state index contributed by atoms with van der Waals surface area (Å²) in [6.07, 6.45) is 0.753. The molecule has 1 heterocycles. The van der Waals surface area contributed by atoms with Crippen molar-refractivity contribution in [3.8, 4) is 5.75 Å². The fraction of sp³-hybridized carbons (Fsp3) is 0.231. The molecule has 19 heavy (non-hydrogen) atoms. The molecule has 1 atom stereocenters. The maximum atomic E-state index is 12.0. The molecule has 0 spiro atoms. The lowest BCUT2D eigenvalue weighted by Crippen LogP contribution is -2.29. The van der Waals surface area contributed by atoms with Gasteiger partial charge in [-0.2, -0.15) is 8.78 Å². The number of rotatable bonds is 6. The van der Waals surface area contributed by atoms with Gasteiger partial charge in [-0.15, -0.1) is 11.3 Å². The zero-order chi connectivity index (χ0) is 13.7. The summed E-state index contributed by atoms with van der Waals surface area (Å²) in [7, 11) is 0. The van der Waals surface area contributed by atoms with E-state index in [0.717, 1.165) is 12.0 Å². The lowest BCUT2D eigenvalue weighted by atomic mass is 10.0. The van der Waals surface area contributed by atoms with Crippen LogP contribution in [0.1, 0.15) is 16.5 Å². The molecule has 0 aliphatic rings. The molecule has 0 aliphatic heterocycles. The van der Waals surface area contributed by atoms with Crippen LogP contribution in [0.3, 0.4) is 0 Å². The number of hydrogen-bond donors (Lipinski definition) is 2. The van der Waals surface area contributed by atoms with Crippen molar-refractivity contribution in [2.45, 2.75) is 19.1 Å². The second-order valence-electron chi connectivity index (χ2n) is 3.95. The Balaban J connectivity index is 2.06. The third-order valence-corrected chi connectivity index (χ3v) is 3.59. The average Bonchev–Trinajstić information content (AvgIpc) is 2.89. The highest BCUT2D eigenvalue weighted by molar-refractivity contribution is 7.09. The zero-order valence-electron chi connectivity index (χ0n) is 10.1. The van der Waals surface area contributed by atoms with Crippen LogP contribution >= 0.6 is 11.3 Å². The maximum Gasteiger partial charge on any atom is 0.387 e. The Morgan fingerprint density at radius 1 is 1.21 bits per heavy atom. The molecule has 1 aromatic carbocycles. The van der Waals surface area contributed by atoms with E-state index in [1.54, 1.807) is 23.5 Å². The maximum absolute atomic E-state index is 12.0. The molecule has 1 aromatic heterocycles. The van der Waals surface area contributed by atoms with Crippen molar-refractivity contribution in [2.75, 3.05) is 0 Å². The highest BCUT2D eigenvalue weighted by Crippen LogP contribution is 2.23. The van der Waals surface area contributed by atoms with E-state index in [0.29, 0.717) is 0 Å². The van der Waals surface area contributed by atoms with Crippen molar-refractivity contribution in [3.63, 3.8) is 0 Å². The first-order valence-corrected chi connectivity index (χ1v) is 6.60. The van der Waals surface area contributed by atoms with Crippen molar-refractivity contribution in [2.24, 2.45) is 5.84 Å². The predicted molar refractivity (Wildman–Crippen MR) is 71.2 cm³/mol. The fourth-order valence-electron chi connectivity index (χ4n) is 1.78. The lowest BCUT2D eigenvalue weighted by Gasteiger charge is -2.16. The fourth-order valence-corrected chi connectivity index (χ4v) is 2.54. The van der Waals surface area contributed by atoms with Crippen LogP contribution in [0.4, 0.5) is 8.78 Å². The van der Waals surface area contributed by atoms with Crippen LogP contribution in [0.5, 0.6) is 5.75 Å². The normalized spacial score (nSPS) is 12.6. The summed E-state index contributed by atoms with van der Waals surface area (Å²) in [6.45, 7) is -2.81. The van der Waals surface area contributed by atoms with E-state index in [1.165, 1.54) is 17.0 Å². The summed E-state index contributed by atoms with van der Waals surface area (Å²) in [6, 6.07) is 10.4. The zero-order valence-corrected chi connectivity index (χ0v) is 10.9. The van der Waals surface area contributed by atoms with Gasteiger partial charge < -0.3 is 4.74 Å². The van der Waals surface area contributed by atoms with Gasteiger partial charge in [-0.3, -0.25) is 11.3 Å². The van der Waals surface area contributed by atoms with Gasteiger partial charge in [-0.05, 0) is 29.1 Å². The Bertz CT molecular complexity index is 488. The quantitative estimate of drug-likeness (QED) is 0.633. The number of nitrogens with two attached hydrogens (primary N) is 1. The van der Waals surface area contributed by atoms with E-state index in [1.807, 2.05) is 17.5 Å². The molecule has 0 aliphatic carbocycles. The summed E-state index contributed by atoms with van der Waals surface area (Å²) >= 11 is 1.65. The van der Waals surface area contributed by atoms with Crippen LogP contribution in [-0.4, -0.2) is 6.61 Å². The number of halogens is 2. The number of benzene rings is 1. The topological polar surface area (TPSA) is 47.3 Å². The largest absolute Gasteiger partial charge is 0.435 e. The molecule has 0 bridgehead atoms. The number of hydrazine groups is 1. The molecule has 0 saturated carbocycles. The van der Waals surface area contributed by atoms with Gasteiger partial charge in [0.1, 0.15) is 5.75 Å². The Morgan fingerprint density at radius 3 is 2.47 bits per heavy atom. The van der Waals surface area contributed by atoms with Gasteiger partial charge >= 0.3 is 6.61 Å². The molecule has 2 rings (SSSR count). The van der Waals surface area contributed by atoms with E-state index in [9.17, 15) is 8.78 Å². The number of ether oxygens (including phenoxy) is 1. The molecular formula is C13H14F2N2OS. The Labute approximate surface area is 114 Å². The van der Waals surface area contributed by atoms with Gasteiger partial charge in [0.2, 0.25) is 0 Å². The van der Waals surface area contributed by atoms with E-state index < -0.39 is 6.61 Å². The molecule has 1 unspecified atom stereocenters. The van der Waals surface area contributed by atoms with Gasteiger partial charge in [0.05, 0.1) is 6.04 Å². The van der Waals surface area contributed by atoms with Crippen LogP contribution in [0.2, 0.25) is 0 Å². The average molecular weight is 284 g/mol. The minimum atomic E-state index is -2.81. The highest BCUT2D eigenvalue weighted by atomic mass is 32.1. The first kappa shape index (κ1) is 13.9. The molecule has 3 nitrogen and oxygen atoms in total. The molecule has 0 fully saturated rings. The molecule has 0 radical (unpaired) electrons. The molecular weight excluding hydrogens is 270 g/mol. The van der Waals surface area contributed by atoms with Crippen molar-refractivity contribution in [1.29, 1.82) is 0 Å². The van der Waals surface area contributed by atoms with Crippen molar-refractivity contribution < 1.29 is 13.5 Å². The van der Waals surface area contributed by atoms with Gasteiger partial charge in [-0.1, -0.05) is 18.2 Å². The summed E-state index contributed by atoms with van der Waals surface area (Å²) in [4.78, 5) is 1.20. The first-order chi connectivity index (χ1) is 9.19. The molecule has 6 heteroatoms. The van der Waals surface area contributed by atoms with Crippen LogP contribution in [0.15, 0.2) is 41.8 Å². The number of thiophene rings is 1. The summed E-state index contributed by atoms with van der Waals surface area (Å²) in [5.74, 6) is 5.69. The Hall–Kier alpha value is -1.50. The van der Waals surface area contributed by atoms with Gasteiger partial charge in [0.25, 0.3) is 0 Å². The highest BCUT2D eigenvalue weighted by Gasteiger charge is 2.12. The minimum Gasteiger partial charge on any atom is -0.435 e. The van der Waals surface area contributed by atoms with Gasteiger partial charge in [-0.25, -0.2) is 0 Å². The van der Waals surface area contributed by atoms with Gasteiger partial charge in [0, 0.05) is 11.3 Å². The van der Waals surface area contributed by atoms with Crippen LogP contribution in [0, 0.1) is 0 Å². The molecule has 3 N–H and O–H groups in total. The summed E-state index contributed by atoms with van der Waals surface area (Å²) in [5, 5.41) is 2.00. The van der Waals surface area contributed by atoms with Crippen LogP contribution in [-0.2, 0) is 6.42 Å². The molecule has 102 valence electrons. The van der Waals surface area contributed by atoms with E-state index in [2.05, 4.69) is 10.2 Å². The number of alkyl halides is 2. The molecule has 0 amide bonds. The monoisotopic (exact) mass is 284 g/mol. The second-order valence-corrected chi connectivity index (χ2v) is 4.98. The van der Waals surface area contributed by atoms with Crippen molar-refractivity contribution in [1.82, 2.24) is 5.43 Å². The van der Waals surface area contributed by atoms with Crippen LogP contribution in [0.25, 0.3) is 0 Å². The van der Waals surface area contributed by atoms with E-state index in [-0.39, 0.29) is 11.8 Å². The number of hydrogen-bond acceptors (Lipinski definition) is 4. The summed E-state index contributed by atoms with van der Waals surface area (Å²) in [5.41, 5.74) is 3.66. The van der Waals surface area contributed by atoms with E-state index >= 15 is 0 Å². The Kier molecular flexibility index (Phi) is 4.84. The third kappa shape index (κ3) is 3.99. The van der Waals surface area contributed by atoms with Gasteiger partial charge in [0.15, 0.2) is 0 Å². The smallest absolute Gasteiger partial charge is 0.387 e. The molecule has 0 saturated heterocycles. The van der Waals surface area contributed by atoms with Crippen molar-refractivity contribution >= 4 is 11.3 Å². The SMILES string of the molecule is NNC(Cc1cccs1)c1ccc(OC(F)F)cc1. The Morgan fingerprint density at radius 2 is 1.95 bits per heavy atom. The number of nitrogens with one attached hydrogen (secondary N) is 1. The summed E-state index contributed by atoms with van der Waals surface area (Å²) < 4.78 is 28.4.